The second kappa shape index (κ2) is 8.29. The van der Waals surface area contributed by atoms with E-state index < -0.39 is 0 Å². The van der Waals surface area contributed by atoms with Crippen LogP contribution in [0, 0.1) is 0 Å². The molecule has 6 nitrogen and oxygen atoms in total. The van der Waals surface area contributed by atoms with Crippen LogP contribution in [-0.4, -0.2) is 59.9 Å². The van der Waals surface area contributed by atoms with E-state index in [9.17, 15) is 9.59 Å². The minimum Gasteiger partial charge on any atom is -0.496 e. The first-order valence-corrected chi connectivity index (χ1v) is 9.41. The van der Waals surface area contributed by atoms with Crippen molar-refractivity contribution < 1.29 is 14.3 Å². The average molecular weight is 369 g/mol. The Hall–Kier alpha value is -2.76. The van der Waals surface area contributed by atoms with Gasteiger partial charge in [0, 0.05) is 37.9 Å². The molecule has 0 unspecified atom stereocenters. The van der Waals surface area contributed by atoms with E-state index in [2.05, 4.69) is 18.8 Å². The number of hydrogen-bond donors (Lipinski definition) is 1. The maximum atomic E-state index is 13.0. The number of ether oxygens (including phenoxy) is 1. The number of nitrogens with one attached hydrogen (secondary N) is 1. The molecule has 2 aromatic rings. The summed E-state index contributed by atoms with van der Waals surface area (Å²) in [5.41, 5.74) is 2.29. The quantitative estimate of drug-likeness (QED) is 0.900. The van der Waals surface area contributed by atoms with Crippen LogP contribution in [0.2, 0.25) is 0 Å². The Balaban J connectivity index is 1.71. The van der Waals surface area contributed by atoms with Crippen LogP contribution in [0.25, 0.3) is 0 Å². The summed E-state index contributed by atoms with van der Waals surface area (Å²) in [6, 6.07) is 9.21. The van der Waals surface area contributed by atoms with Gasteiger partial charge in [0.1, 0.15) is 11.4 Å². The Labute approximate surface area is 160 Å². The molecule has 1 fully saturated rings. The summed E-state index contributed by atoms with van der Waals surface area (Å²) in [6.07, 6.45) is 2.52. The minimum absolute atomic E-state index is 0.00808. The van der Waals surface area contributed by atoms with E-state index in [-0.39, 0.29) is 17.7 Å². The van der Waals surface area contributed by atoms with Gasteiger partial charge in [0.2, 0.25) is 0 Å². The summed E-state index contributed by atoms with van der Waals surface area (Å²) < 4.78 is 5.41. The average Bonchev–Trinajstić information content (AvgIpc) is 3.11. The molecule has 0 aliphatic carbocycles. The van der Waals surface area contributed by atoms with E-state index >= 15 is 0 Å². The van der Waals surface area contributed by atoms with Crippen molar-refractivity contribution in [3.05, 3.63) is 53.3 Å². The summed E-state index contributed by atoms with van der Waals surface area (Å²) in [4.78, 5) is 32.1. The summed E-state index contributed by atoms with van der Waals surface area (Å²) in [5, 5.41) is 0. The fourth-order valence-corrected chi connectivity index (χ4v) is 3.46. The number of nitrogens with zero attached hydrogens (tertiary/aromatic N) is 2. The second-order valence-corrected chi connectivity index (χ2v) is 7.13. The molecular formula is C21H27N3O3. The van der Waals surface area contributed by atoms with Gasteiger partial charge in [-0.3, -0.25) is 9.59 Å². The molecule has 6 heteroatoms. The van der Waals surface area contributed by atoms with Crippen molar-refractivity contribution in [2.75, 3.05) is 33.3 Å². The molecule has 1 aliphatic heterocycles. The number of H-pyrrole nitrogens is 1. The molecule has 1 saturated heterocycles. The lowest BCUT2D eigenvalue weighted by molar-refractivity contribution is 0.0716. The molecule has 0 bridgehead atoms. The van der Waals surface area contributed by atoms with Crippen LogP contribution in [-0.2, 0) is 0 Å². The van der Waals surface area contributed by atoms with Gasteiger partial charge in [0.25, 0.3) is 11.8 Å². The monoisotopic (exact) mass is 369 g/mol. The second-order valence-electron chi connectivity index (χ2n) is 7.13. The smallest absolute Gasteiger partial charge is 0.270 e. The molecule has 0 radical (unpaired) electrons. The number of carbonyl (C=O) groups is 2. The molecule has 2 heterocycles. The highest BCUT2D eigenvalue weighted by molar-refractivity contribution is 5.95. The van der Waals surface area contributed by atoms with Crippen molar-refractivity contribution >= 4 is 11.8 Å². The van der Waals surface area contributed by atoms with Crippen molar-refractivity contribution in [1.29, 1.82) is 0 Å². The molecule has 0 saturated carbocycles. The number of benzene rings is 1. The molecule has 3 rings (SSSR count). The number of amides is 2. The predicted molar refractivity (Wildman–Crippen MR) is 104 cm³/mol. The summed E-state index contributed by atoms with van der Waals surface area (Å²) in [5.74, 6) is 1.07. The molecule has 0 spiro atoms. The Bertz CT molecular complexity index is 799. The Kier molecular flexibility index (Phi) is 5.84. The predicted octanol–water partition coefficient (Wildman–Crippen LogP) is 3.14. The highest BCUT2D eigenvalue weighted by Crippen LogP contribution is 2.28. The first-order chi connectivity index (χ1) is 13.0. The fourth-order valence-electron chi connectivity index (χ4n) is 3.46. The number of hydrogen-bond acceptors (Lipinski definition) is 3. The number of aromatic amines is 1. The van der Waals surface area contributed by atoms with Crippen molar-refractivity contribution in [2.45, 2.75) is 26.2 Å². The number of rotatable bonds is 4. The lowest BCUT2D eigenvalue weighted by Gasteiger charge is -2.22. The highest BCUT2D eigenvalue weighted by Gasteiger charge is 2.24. The van der Waals surface area contributed by atoms with E-state index in [0.717, 1.165) is 17.7 Å². The zero-order valence-corrected chi connectivity index (χ0v) is 16.2. The van der Waals surface area contributed by atoms with Gasteiger partial charge in [0.15, 0.2) is 0 Å². The van der Waals surface area contributed by atoms with Gasteiger partial charge in [-0.2, -0.15) is 0 Å². The standard InChI is InChI=1S/C21H27N3O3/c1-15(2)17-14-16(7-8-19(17)27-3)20(25)23-10-5-11-24(13-12-23)21(26)18-6-4-9-22-18/h4,6-9,14-15,22H,5,10-13H2,1-3H3. The Morgan fingerprint density at radius 1 is 1.04 bits per heavy atom. The van der Waals surface area contributed by atoms with E-state index in [1.165, 1.54) is 0 Å². The molecule has 1 N–H and O–H groups in total. The summed E-state index contributed by atoms with van der Waals surface area (Å²) in [7, 11) is 1.65. The molecule has 1 aromatic carbocycles. The largest absolute Gasteiger partial charge is 0.496 e. The van der Waals surface area contributed by atoms with Gasteiger partial charge in [-0.1, -0.05) is 13.8 Å². The van der Waals surface area contributed by atoms with Gasteiger partial charge < -0.3 is 19.5 Å². The third-order valence-corrected chi connectivity index (χ3v) is 5.00. The fraction of sp³-hybridized carbons (Fsp3) is 0.429. The molecule has 0 atom stereocenters. The lowest BCUT2D eigenvalue weighted by Crippen LogP contribution is -2.37. The van der Waals surface area contributed by atoms with Crippen LogP contribution in [0.4, 0.5) is 0 Å². The van der Waals surface area contributed by atoms with Crippen LogP contribution in [0.5, 0.6) is 5.75 Å². The zero-order valence-electron chi connectivity index (χ0n) is 16.2. The molecule has 144 valence electrons. The van der Waals surface area contributed by atoms with Gasteiger partial charge >= 0.3 is 0 Å². The Morgan fingerprint density at radius 2 is 1.74 bits per heavy atom. The van der Waals surface area contributed by atoms with Crippen LogP contribution in [0.1, 0.15) is 52.6 Å². The number of carbonyl (C=O) groups excluding carboxylic acids is 2. The number of methoxy groups -OCH3 is 1. The van der Waals surface area contributed by atoms with Crippen LogP contribution >= 0.6 is 0 Å². The van der Waals surface area contributed by atoms with E-state index in [1.807, 2.05) is 34.1 Å². The van der Waals surface area contributed by atoms with Gasteiger partial charge in [-0.25, -0.2) is 0 Å². The molecule has 1 aliphatic rings. The van der Waals surface area contributed by atoms with Crippen molar-refractivity contribution in [2.24, 2.45) is 0 Å². The van der Waals surface area contributed by atoms with Crippen molar-refractivity contribution in [1.82, 2.24) is 14.8 Å². The van der Waals surface area contributed by atoms with Gasteiger partial charge in [-0.15, -0.1) is 0 Å². The lowest BCUT2D eigenvalue weighted by atomic mass is 9.99. The topological polar surface area (TPSA) is 65.6 Å². The third kappa shape index (κ3) is 4.15. The number of aromatic nitrogens is 1. The van der Waals surface area contributed by atoms with E-state index in [4.69, 9.17) is 4.74 Å². The van der Waals surface area contributed by atoms with E-state index in [1.54, 1.807) is 19.4 Å². The first kappa shape index (κ1) is 19.0. The molecular weight excluding hydrogens is 342 g/mol. The molecule has 2 amide bonds. The normalized spacial score (nSPS) is 15.0. The third-order valence-electron chi connectivity index (χ3n) is 5.00. The molecule has 27 heavy (non-hydrogen) atoms. The molecule has 1 aromatic heterocycles. The Morgan fingerprint density at radius 3 is 2.33 bits per heavy atom. The maximum Gasteiger partial charge on any atom is 0.270 e. The maximum absolute atomic E-state index is 13.0. The SMILES string of the molecule is COc1ccc(C(=O)N2CCCN(C(=O)c3ccc[nH]3)CC2)cc1C(C)C. The van der Waals surface area contributed by atoms with Gasteiger partial charge in [0.05, 0.1) is 7.11 Å². The zero-order chi connectivity index (χ0) is 19.4. The first-order valence-electron chi connectivity index (χ1n) is 9.41. The summed E-state index contributed by atoms with van der Waals surface area (Å²) in [6.45, 7) is 6.55. The van der Waals surface area contributed by atoms with Crippen molar-refractivity contribution in [3.8, 4) is 5.75 Å². The summed E-state index contributed by atoms with van der Waals surface area (Å²) >= 11 is 0. The minimum atomic E-state index is -0.0131. The van der Waals surface area contributed by atoms with Crippen LogP contribution in [0.3, 0.4) is 0 Å². The van der Waals surface area contributed by atoms with Crippen LogP contribution < -0.4 is 4.74 Å². The van der Waals surface area contributed by atoms with Crippen molar-refractivity contribution in [3.63, 3.8) is 0 Å². The van der Waals surface area contributed by atoms with Gasteiger partial charge in [-0.05, 0) is 48.2 Å². The van der Waals surface area contributed by atoms with E-state index in [0.29, 0.717) is 37.4 Å². The highest BCUT2D eigenvalue weighted by atomic mass is 16.5. The van der Waals surface area contributed by atoms with Crippen LogP contribution in [0.15, 0.2) is 36.5 Å².